The predicted molar refractivity (Wildman–Crippen MR) is 78.4 cm³/mol. The van der Waals surface area contributed by atoms with E-state index >= 15 is 0 Å². The fourth-order valence-corrected chi connectivity index (χ4v) is 1.86. The van der Waals surface area contributed by atoms with Crippen molar-refractivity contribution >= 4 is 11.6 Å². The molecule has 0 spiro atoms. The lowest BCUT2D eigenvalue weighted by molar-refractivity contribution is 0.102. The van der Waals surface area contributed by atoms with Crippen LogP contribution in [0.15, 0.2) is 42.5 Å². The lowest BCUT2D eigenvalue weighted by Gasteiger charge is -2.09. The molecular weight excluding hydrogens is 254 g/mol. The molecule has 0 saturated heterocycles. The van der Waals surface area contributed by atoms with Crippen molar-refractivity contribution in [2.24, 2.45) is 0 Å². The van der Waals surface area contributed by atoms with Crippen LogP contribution in [0.25, 0.3) is 0 Å². The van der Waals surface area contributed by atoms with Crippen molar-refractivity contribution in [2.75, 3.05) is 11.9 Å². The molecule has 0 bridgehead atoms. The molecule has 0 fully saturated rings. The zero-order valence-corrected chi connectivity index (χ0v) is 11.5. The second-order valence-electron chi connectivity index (χ2n) is 4.44. The Labute approximate surface area is 118 Å². The molecule has 4 nitrogen and oxygen atoms in total. The summed E-state index contributed by atoms with van der Waals surface area (Å²) in [4.78, 5) is 12.1. The van der Waals surface area contributed by atoms with Crippen LogP contribution in [-0.4, -0.2) is 17.6 Å². The van der Waals surface area contributed by atoms with Crippen LogP contribution in [0.2, 0.25) is 0 Å². The third-order valence-electron chi connectivity index (χ3n) is 2.80. The first-order valence-electron chi connectivity index (χ1n) is 6.44. The van der Waals surface area contributed by atoms with E-state index < -0.39 is 0 Å². The maximum Gasteiger partial charge on any atom is 0.259 e. The van der Waals surface area contributed by atoms with E-state index in [1.807, 2.05) is 19.9 Å². The Balaban J connectivity index is 2.17. The van der Waals surface area contributed by atoms with Gasteiger partial charge in [-0.25, -0.2) is 0 Å². The molecule has 2 aromatic rings. The lowest BCUT2D eigenvalue weighted by atomic mass is 10.1. The average molecular weight is 271 g/mol. The monoisotopic (exact) mass is 271 g/mol. The first-order chi connectivity index (χ1) is 9.60. The van der Waals surface area contributed by atoms with E-state index in [1.54, 1.807) is 36.4 Å². The summed E-state index contributed by atoms with van der Waals surface area (Å²) in [5.41, 5.74) is 1.77. The number of ether oxygens (including phenoxy) is 1. The van der Waals surface area contributed by atoms with Crippen molar-refractivity contribution in [1.82, 2.24) is 0 Å². The van der Waals surface area contributed by atoms with Crippen molar-refractivity contribution < 1.29 is 14.6 Å². The Hall–Kier alpha value is -2.49. The SMILES string of the molecule is CCOc1cccc(NC(=O)c2ccc(C)cc2O)c1. The van der Waals surface area contributed by atoms with Gasteiger partial charge in [0, 0.05) is 11.8 Å². The molecule has 0 atom stereocenters. The highest BCUT2D eigenvalue weighted by Gasteiger charge is 2.11. The van der Waals surface area contributed by atoms with Crippen LogP contribution in [0.5, 0.6) is 11.5 Å². The van der Waals surface area contributed by atoms with Gasteiger partial charge >= 0.3 is 0 Å². The fraction of sp³-hybridized carbons (Fsp3) is 0.188. The zero-order valence-electron chi connectivity index (χ0n) is 11.5. The number of carbonyl (C=O) groups is 1. The van der Waals surface area contributed by atoms with Gasteiger partial charge in [0.05, 0.1) is 12.2 Å². The number of hydrogen-bond donors (Lipinski definition) is 2. The van der Waals surface area contributed by atoms with Crippen molar-refractivity contribution in [3.63, 3.8) is 0 Å². The number of hydrogen-bond acceptors (Lipinski definition) is 3. The van der Waals surface area contributed by atoms with E-state index in [0.29, 0.717) is 18.0 Å². The third-order valence-corrected chi connectivity index (χ3v) is 2.80. The molecule has 0 saturated carbocycles. The lowest BCUT2D eigenvalue weighted by Crippen LogP contribution is -2.12. The van der Waals surface area contributed by atoms with E-state index in [4.69, 9.17) is 4.74 Å². The van der Waals surface area contributed by atoms with Gasteiger partial charge in [0.25, 0.3) is 5.91 Å². The summed E-state index contributed by atoms with van der Waals surface area (Å²) in [6.07, 6.45) is 0. The third kappa shape index (κ3) is 3.29. The molecule has 0 unspecified atom stereocenters. The number of phenolic OH excluding ortho intramolecular Hbond substituents is 1. The molecule has 0 radical (unpaired) electrons. The largest absolute Gasteiger partial charge is 0.507 e. The van der Waals surface area contributed by atoms with Crippen molar-refractivity contribution in [3.05, 3.63) is 53.6 Å². The molecule has 1 amide bonds. The smallest absolute Gasteiger partial charge is 0.259 e. The quantitative estimate of drug-likeness (QED) is 0.896. The number of nitrogens with one attached hydrogen (secondary N) is 1. The van der Waals surface area contributed by atoms with Crippen LogP contribution in [-0.2, 0) is 0 Å². The van der Waals surface area contributed by atoms with Crippen LogP contribution in [0.4, 0.5) is 5.69 Å². The molecule has 0 heterocycles. The molecule has 20 heavy (non-hydrogen) atoms. The molecule has 2 N–H and O–H groups in total. The van der Waals surface area contributed by atoms with Crippen LogP contribution in [0.3, 0.4) is 0 Å². The van der Waals surface area contributed by atoms with Crippen LogP contribution in [0.1, 0.15) is 22.8 Å². The molecule has 0 aliphatic carbocycles. The van der Waals surface area contributed by atoms with Gasteiger partial charge in [-0.15, -0.1) is 0 Å². The van der Waals surface area contributed by atoms with Gasteiger partial charge in [-0.05, 0) is 43.7 Å². The van der Waals surface area contributed by atoms with E-state index in [9.17, 15) is 9.90 Å². The van der Waals surface area contributed by atoms with Gasteiger partial charge in [0.2, 0.25) is 0 Å². The molecule has 0 aliphatic rings. The maximum absolute atomic E-state index is 12.1. The number of carbonyl (C=O) groups excluding carboxylic acids is 1. The predicted octanol–water partition coefficient (Wildman–Crippen LogP) is 3.35. The number of amides is 1. The molecular formula is C16H17NO3. The van der Waals surface area contributed by atoms with Crippen molar-refractivity contribution in [1.29, 1.82) is 0 Å². The Bertz CT molecular complexity index is 623. The molecule has 0 aromatic heterocycles. The number of anilines is 1. The highest BCUT2D eigenvalue weighted by molar-refractivity contribution is 6.06. The van der Waals surface area contributed by atoms with Crippen molar-refractivity contribution in [3.8, 4) is 11.5 Å². The van der Waals surface area contributed by atoms with E-state index in [0.717, 1.165) is 5.56 Å². The average Bonchev–Trinajstić information content (AvgIpc) is 2.39. The van der Waals surface area contributed by atoms with Crippen molar-refractivity contribution in [2.45, 2.75) is 13.8 Å². The van der Waals surface area contributed by atoms with Crippen LogP contribution in [0, 0.1) is 6.92 Å². The second-order valence-corrected chi connectivity index (χ2v) is 4.44. The second kappa shape index (κ2) is 6.10. The Kier molecular flexibility index (Phi) is 4.25. The fourth-order valence-electron chi connectivity index (χ4n) is 1.86. The molecule has 2 aromatic carbocycles. The van der Waals surface area contributed by atoms with E-state index in [1.165, 1.54) is 0 Å². The van der Waals surface area contributed by atoms with Gasteiger partial charge in [-0.1, -0.05) is 12.1 Å². The number of phenols is 1. The number of aromatic hydroxyl groups is 1. The van der Waals surface area contributed by atoms with Crippen LogP contribution < -0.4 is 10.1 Å². The molecule has 0 aliphatic heterocycles. The molecule has 104 valence electrons. The van der Waals surface area contributed by atoms with E-state index in [-0.39, 0.29) is 17.2 Å². The van der Waals surface area contributed by atoms with Gasteiger partial charge in [-0.2, -0.15) is 0 Å². The summed E-state index contributed by atoms with van der Waals surface area (Å²) >= 11 is 0. The summed E-state index contributed by atoms with van der Waals surface area (Å²) in [5, 5.41) is 12.5. The highest BCUT2D eigenvalue weighted by atomic mass is 16.5. The van der Waals surface area contributed by atoms with Gasteiger partial charge in [0.15, 0.2) is 0 Å². The Morgan fingerprint density at radius 2 is 2.05 bits per heavy atom. The minimum absolute atomic E-state index is 0.0246. The molecule has 4 heteroatoms. The minimum atomic E-state index is -0.351. The normalized spacial score (nSPS) is 10.1. The number of benzene rings is 2. The van der Waals surface area contributed by atoms with Gasteiger partial charge in [0.1, 0.15) is 11.5 Å². The summed E-state index contributed by atoms with van der Waals surface area (Å²) in [7, 11) is 0. The summed E-state index contributed by atoms with van der Waals surface area (Å²) in [5.74, 6) is 0.318. The number of rotatable bonds is 4. The van der Waals surface area contributed by atoms with E-state index in [2.05, 4.69) is 5.32 Å². The molecule has 2 rings (SSSR count). The Morgan fingerprint density at radius 3 is 2.75 bits per heavy atom. The van der Waals surface area contributed by atoms with Gasteiger partial charge < -0.3 is 15.2 Å². The summed E-state index contributed by atoms with van der Waals surface area (Å²) in [6, 6.07) is 12.1. The first-order valence-corrected chi connectivity index (χ1v) is 6.44. The summed E-state index contributed by atoms with van der Waals surface area (Å²) in [6.45, 7) is 4.32. The standard InChI is InChI=1S/C16H17NO3/c1-3-20-13-6-4-5-12(10-13)17-16(19)14-8-7-11(2)9-15(14)18/h4-10,18H,3H2,1-2H3,(H,17,19). The first kappa shape index (κ1) is 13.9. The maximum atomic E-state index is 12.1. The van der Waals surface area contributed by atoms with Crippen LogP contribution >= 0.6 is 0 Å². The zero-order chi connectivity index (χ0) is 14.5. The number of aryl methyl sites for hydroxylation is 1. The minimum Gasteiger partial charge on any atom is -0.507 e. The summed E-state index contributed by atoms with van der Waals surface area (Å²) < 4.78 is 5.37. The Morgan fingerprint density at radius 1 is 1.25 bits per heavy atom. The topological polar surface area (TPSA) is 58.6 Å². The van der Waals surface area contributed by atoms with Gasteiger partial charge in [-0.3, -0.25) is 4.79 Å². The highest BCUT2D eigenvalue weighted by Crippen LogP contribution is 2.22.